The fraction of sp³-hybridized carbons (Fsp3) is 0.143. The van der Waals surface area contributed by atoms with Crippen LogP contribution >= 0.6 is 0 Å². The van der Waals surface area contributed by atoms with Crippen LogP contribution in [-0.4, -0.2) is 0 Å². The van der Waals surface area contributed by atoms with E-state index in [4.69, 9.17) is 10.5 Å². The number of aryl methyl sites for hydroxylation is 2. The molecule has 88 valence electrons. The summed E-state index contributed by atoms with van der Waals surface area (Å²) in [6.45, 7) is 3.92. The van der Waals surface area contributed by atoms with E-state index >= 15 is 0 Å². The van der Waals surface area contributed by atoms with Gasteiger partial charge >= 0.3 is 0 Å². The number of para-hydroxylation sites is 1. The second-order valence-electron chi connectivity index (χ2n) is 4.01. The third-order valence-electron chi connectivity index (χ3n) is 2.59. The number of hydrogen-bond acceptors (Lipinski definition) is 2. The lowest BCUT2D eigenvalue weighted by Crippen LogP contribution is -1.95. The molecule has 0 bridgehead atoms. The molecule has 0 saturated carbocycles. The van der Waals surface area contributed by atoms with Crippen molar-refractivity contribution in [2.75, 3.05) is 5.73 Å². The lowest BCUT2D eigenvalue weighted by Gasteiger charge is -2.13. The second-order valence-corrected chi connectivity index (χ2v) is 4.01. The Labute approximate surface area is 99.8 Å². The number of nitrogens with two attached hydrogens (primary N) is 1. The summed E-state index contributed by atoms with van der Waals surface area (Å²) in [5.74, 6) is 0.881. The minimum Gasteiger partial charge on any atom is -0.455 e. The highest BCUT2D eigenvalue weighted by Gasteiger charge is 2.07. The summed E-state index contributed by atoms with van der Waals surface area (Å²) < 4.78 is 18.6. The van der Waals surface area contributed by atoms with Gasteiger partial charge in [-0.2, -0.15) is 0 Å². The lowest BCUT2D eigenvalue weighted by atomic mass is 10.1. The first kappa shape index (κ1) is 11.5. The van der Waals surface area contributed by atoms with Crippen LogP contribution in [0.4, 0.5) is 10.1 Å². The molecule has 3 heteroatoms. The Kier molecular flexibility index (Phi) is 3.00. The third kappa shape index (κ3) is 2.38. The molecule has 2 aromatic rings. The third-order valence-corrected chi connectivity index (χ3v) is 2.59. The van der Waals surface area contributed by atoms with Crippen molar-refractivity contribution in [2.24, 2.45) is 0 Å². The van der Waals surface area contributed by atoms with Gasteiger partial charge in [0, 0.05) is 6.07 Å². The Bertz CT molecular complexity index is 532. The Balaban J connectivity index is 2.38. The number of ether oxygens (including phenoxy) is 1. The zero-order valence-corrected chi connectivity index (χ0v) is 9.83. The number of nitrogen functional groups attached to an aromatic ring is 1. The van der Waals surface area contributed by atoms with Crippen LogP contribution in [0.3, 0.4) is 0 Å². The Hall–Kier alpha value is -2.03. The Morgan fingerprint density at radius 2 is 1.71 bits per heavy atom. The van der Waals surface area contributed by atoms with Crippen LogP contribution in [0.1, 0.15) is 11.1 Å². The summed E-state index contributed by atoms with van der Waals surface area (Å²) in [5.41, 5.74) is 8.05. The monoisotopic (exact) mass is 231 g/mol. The molecule has 2 aromatic carbocycles. The number of anilines is 1. The van der Waals surface area contributed by atoms with Gasteiger partial charge in [0.2, 0.25) is 0 Å². The fourth-order valence-electron chi connectivity index (χ4n) is 1.68. The van der Waals surface area contributed by atoms with Gasteiger partial charge in [-0.3, -0.25) is 0 Å². The SMILES string of the molecule is Cc1cccc(C)c1Oc1ccc(F)cc1N. The van der Waals surface area contributed by atoms with E-state index in [1.807, 2.05) is 32.0 Å². The molecule has 0 amide bonds. The standard InChI is InChI=1S/C14H14FNO/c1-9-4-3-5-10(2)14(9)17-13-7-6-11(15)8-12(13)16/h3-8H,16H2,1-2H3. The summed E-state index contributed by atoms with van der Waals surface area (Å²) in [7, 11) is 0. The predicted molar refractivity (Wildman–Crippen MR) is 66.8 cm³/mol. The first-order valence-electron chi connectivity index (χ1n) is 5.37. The molecule has 0 aliphatic carbocycles. The van der Waals surface area contributed by atoms with Crippen molar-refractivity contribution in [3.8, 4) is 11.5 Å². The molecule has 2 rings (SSSR count). The molecule has 0 aliphatic heterocycles. The predicted octanol–water partition coefficient (Wildman–Crippen LogP) is 3.82. The van der Waals surface area contributed by atoms with Crippen molar-refractivity contribution in [3.63, 3.8) is 0 Å². The van der Waals surface area contributed by atoms with Gasteiger partial charge in [-0.05, 0) is 37.1 Å². The van der Waals surface area contributed by atoms with Crippen LogP contribution in [0, 0.1) is 19.7 Å². The number of halogens is 1. The summed E-state index contributed by atoms with van der Waals surface area (Å²) in [6.07, 6.45) is 0. The molecular weight excluding hydrogens is 217 g/mol. The van der Waals surface area contributed by atoms with Gasteiger partial charge in [0.25, 0.3) is 0 Å². The Morgan fingerprint density at radius 3 is 2.29 bits per heavy atom. The van der Waals surface area contributed by atoms with Crippen LogP contribution in [0.5, 0.6) is 11.5 Å². The summed E-state index contributed by atoms with van der Waals surface area (Å²) in [5, 5.41) is 0. The normalized spacial score (nSPS) is 10.3. The molecule has 0 fully saturated rings. The maximum atomic E-state index is 12.9. The second kappa shape index (κ2) is 4.45. The molecule has 0 saturated heterocycles. The average molecular weight is 231 g/mol. The minimum absolute atomic E-state index is 0.299. The zero-order chi connectivity index (χ0) is 12.4. The van der Waals surface area contributed by atoms with E-state index in [9.17, 15) is 4.39 Å². The quantitative estimate of drug-likeness (QED) is 0.797. The van der Waals surface area contributed by atoms with Crippen molar-refractivity contribution in [2.45, 2.75) is 13.8 Å². The first-order chi connectivity index (χ1) is 8.08. The van der Waals surface area contributed by atoms with Crippen molar-refractivity contribution in [1.29, 1.82) is 0 Å². The van der Waals surface area contributed by atoms with Crippen LogP contribution in [-0.2, 0) is 0 Å². The topological polar surface area (TPSA) is 35.2 Å². The Morgan fingerprint density at radius 1 is 1.06 bits per heavy atom. The van der Waals surface area contributed by atoms with Gasteiger partial charge < -0.3 is 10.5 Å². The minimum atomic E-state index is -0.364. The molecule has 0 heterocycles. The fourth-order valence-corrected chi connectivity index (χ4v) is 1.68. The number of rotatable bonds is 2. The smallest absolute Gasteiger partial charge is 0.150 e. The van der Waals surface area contributed by atoms with Gasteiger partial charge in [0.1, 0.15) is 11.6 Å². The van der Waals surface area contributed by atoms with E-state index in [1.54, 1.807) is 0 Å². The molecule has 0 aliphatic rings. The van der Waals surface area contributed by atoms with E-state index in [0.717, 1.165) is 16.9 Å². The van der Waals surface area contributed by atoms with Crippen molar-refractivity contribution in [3.05, 3.63) is 53.3 Å². The highest BCUT2D eigenvalue weighted by molar-refractivity contribution is 5.55. The zero-order valence-electron chi connectivity index (χ0n) is 9.83. The molecule has 2 N–H and O–H groups in total. The molecule has 0 atom stereocenters. The summed E-state index contributed by atoms with van der Waals surface area (Å²) in [4.78, 5) is 0. The van der Waals surface area contributed by atoms with Crippen molar-refractivity contribution >= 4 is 5.69 Å². The molecule has 0 radical (unpaired) electrons. The van der Waals surface area contributed by atoms with E-state index in [-0.39, 0.29) is 5.82 Å². The first-order valence-corrected chi connectivity index (χ1v) is 5.37. The van der Waals surface area contributed by atoms with Gasteiger partial charge in [0.15, 0.2) is 5.75 Å². The van der Waals surface area contributed by atoms with Gasteiger partial charge in [0.05, 0.1) is 5.69 Å². The summed E-state index contributed by atoms with van der Waals surface area (Å²) in [6, 6.07) is 10.0. The van der Waals surface area contributed by atoms with Crippen LogP contribution in [0.15, 0.2) is 36.4 Å². The molecule has 0 aromatic heterocycles. The number of hydrogen-bond donors (Lipinski definition) is 1. The van der Waals surface area contributed by atoms with Gasteiger partial charge in [-0.25, -0.2) is 4.39 Å². The number of benzene rings is 2. The molecule has 0 spiro atoms. The van der Waals surface area contributed by atoms with E-state index < -0.39 is 0 Å². The molecular formula is C14H14FNO. The largest absolute Gasteiger partial charge is 0.455 e. The lowest BCUT2D eigenvalue weighted by molar-refractivity contribution is 0.475. The molecule has 17 heavy (non-hydrogen) atoms. The summed E-state index contributed by atoms with van der Waals surface area (Å²) >= 11 is 0. The maximum Gasteiger partial charge on any atom is 0.150 e. The van der Waals surface area contributed by atoms with Gasteiger partial charge in [-0.15, -0.1) is 0 Å². The van der Waals surface area contributed by atoms with Crippen LogP contribution in [0.2, 0.25) is 0 Å². The molecule has 2 nitrogen and oxygen atoms in total. The highest BCUT2D eigenvalue weighted by Crippen LogP contribution is 2.32. The average Bonchev–Trinajstić information content (AvgIpc) is 2.26. The highest BCUT2D eigenvalue weighted by atomic mass is 19.1. The van der Waals surface area contributed by atoms with Crippen molar-refractivity contribution < 1.29 is 9.13 Å². The maximum absolute atomic E-state index is 12.9. The van der Waals surface area contributed by atoms with E-state index in [1.165, 1.54) is 18.2 Å². The van der Waals surface area contributed by atoms with Gasteiger partial charge in [-0.1, -0.05) is 18.2 Å². The molecule has 0 unspecified atom stereocenters. The van der Waals surface area contributed by atoms with Crippen molar-refractivity contribution in [1.82, 2.24) is 0 Å². The van der Waals surface area contributed by atoms with Crippen LogP contribution in [0.25, 0.3) is 0 Å². The van der Waals surface area contributed by atoms with E-state index in [2.05, 4.69) is 0 Å². The van der Waals surface area contributed by atoms with Crippen LogP contribution < -0.4 is 10.5 Å². The van der Waals surface area contributed by atoms with E-state index in [0.29, 0.717) is 11.4 Å².